The highest BCUT2D eigenvalue weighted by molar-refractivity contribution is 9.10. The number of aromatic hydroxyl groups is 1. The Kier molecular flexibility index (Phi) is 3.73. The number of halogens is 1. The molecule has 3 nitrogen and oxygen atoms in total. The number of benzene rings is 4. The van der Waals surface area contributed by atoms with E-state index in [4.69, 9.17) is 9.40 Å². The molecule has 130 valence electrons. The summed E-state index contributed by atoms with van der Waals surface area (Å²) in [5.74, 6) is 0.788. The van der Waals surface area contributed by atoms with Crippen molar-refractivity contribution >= 4 is 37.8 Å². The maximum Gasteiger partial charge on any atom is 0.227 e. The lowest BCUT2D eigenvalue weighted by atomic mass is 9.96. The average Bonchev–Trinajstić information content (AvgIpc) is 3.13. The molecule has 5 aromatic rings. The van der Waals surface area contributed by atoms with Crippen LogP contribution in [-0.2, 0) is 0 Å². The highest BCUT2D eigenvalue weighted by Crippen LogP contribution is 2.41. The Morgan fingerprint density at radius 2 is 1.59 bits per heavy atom. The van der Waals surface area contributed by atoms with Crippen molar-refractivity contribution in [1.29, 1.82) is 0 Å². The SMILES string of the molecule is Oc1ccc2c(Br)cccc2c1-c1cccc2oc(-c3ccccc3)nc12. The van der Waals surface area contributed by atoms with Crippen LogP contribution < -0.4 is 0 Å². The molecule has 5 rings (SSSR count). The van der Waals surface area contributed by atoms with E-state index in [0.717, 1.165) is 37.5 Å². The van der Waals surface area contributed by atoms with Gasteiger partial charge in [-0.2, -0.15) is 0 Å². The van der Waals surface area contributed by atoms with Gasteiger partial charge in [-0.25, -0.2) is 4.98 Å². The van der Waals surface area contributed by atoms with E-state index in [0.29, 0.717) is 11.5 Å². The third kappa shape index (κ3) is 2.61. The molecular formula is C23H14BrNO2. The van der Waals surface area contributed by atoms with E-state index in [2.05, 4.69) is 15.9 Å². The van der Waals surface area contributed by atoms with Crippen molar-refractivity contribution in [3.8, 4) is 28.3 Å². The van der Waals surface area contributed by atoms with Crippen molar-refractivity contribution in [2.75, 3.05) is 0 Å². The first-order chi connectivity index (χ1) is 13.2. The zero-order valence-corrected chi connectivity index (χ0v) is 15.8. The van der Waals surface area contributed by atoms with Gasteiger partial charge in [-0.1, -0.05) is 58.4 Å². The summed E-state index contributed by atoms with van der Waals surface area (Å²) in [5.41, 5.74) is 3.95. The predicted octanol–water partition coefficient (Wildman–Crippen LogP) is 6.78. The first-order valence-corrected chi connectivity index (χ1v) is 9.37. The highest BCUT2D eigenvalue weighted by atomic mass is 79.9. The minimum absolute atomic E-state index is 0.220. The van der Waals surface area contributed by atoms with Gasteiger partial charge in [0, 0.05) is 21.2 Å². The number of hydrogen-bond acceptors (Lipinski definition) is 3. The van der Waals surface area contributed by atoms with E-state index < -0.39 is 0 Å². The number of hydrogen-bond donors (Lipinski definition) is 1. The normalized spacial score (nSPS) is 11.3. The molecule has 0 aliphatic heterocycles. The van der Waals surface area contributed by atoms with Crippen LogP contribution in [0, 0.1) is 0 Å². The summed E-state index contributed by atoms with van der Waals surface area (Å²) in [6.45, 7) is 0. The van der Waals surface area contributed by atoms with E-state index >= 15 is 0 Å². The van der Waals surface area contributed by atoms with E-state index in [-0.39, 0.29) is 5.75 Å². The fourth-order valence-corrected chi connectivity index (χ4v) is 3.94. The van der Waals surface area contributed by atoms with Crippen LogP contribution in [-0.4, -0.2) is 10.1 Å². The van der Waals surface area contributed by atoms with Gasteiger partial charge in [0.25, 0.3) is 0 Å². The van der Waals surface area contributed by atoms with E-state index in [1.807, 2.05) is 72.8 Å². The quantitative estimate of drug-likeness (QED) is 0.345. The molecular weight excluding hydrogens is 402 g/mol. The Morgan fingerprint density at radius 3 is 2.44 bits per heavy atom. The van der Waals surface area contributed by atoms with Crippen LogP contribution in [0.25, 0.3) is 44.5 Å². The molecule has 27 heavy (non-hydrogen) atoms. The summed E-state index contributed by atoms with van der Waals surface area (Å²) in [7, 11) is 0. The van der Waals surface area contributed by atoms with Crippen LogP contribution >= 0.6 is 15.9 Å². The summed E-state index contributed by atoms with van der Waals surface area (Å²) < 4.78 is 6.97. The third-order valence-corrected chi connectivity index (χ3v) is 5.39. The fraction of sp³-hybridized carbons (Fsp3) is 0. The molecule has 0 spiro atoms. The molecule has 0 saturated heterocycles. The first kappa shape index (κ1) is 16.1. The zero-order chi connectivity index (χ0) is 18.4. The van der Waals surface area contributed by atoms with Crippen LogP contribution in [0.4, 0.5) is 0 Å². The van der Waals surface area contributed by atoms with E-state index in [1.165, 1.54) is 0 Å². The first-order valence-electron chi connectivity index (χ1n) is 8.58. The second-order valence-corrected chi connectivity index (χ2v) is 7.19. The molecule has 0 bridgehead atoms. The maximum absolute atomic E-state index is 10.7. The third-order valence-electron chi connectivity index (χ3n) is 4.70. The van der Waals surface area contributed by atoms with Crippen LogP contribution in [0.3, 0.4) is 0 Å². The average molecular weight is 416 g/mol. The Bertz CT molecular complexity index is 1290. The van der Waals surface area contributed by atoms with Crippen molar-refractivity contribution in [3.63, 3.8) is 0 Å². The Balaban J connectivity index is 1.82. The molecule has 0 radical (unpaired) electrons. The number of nitrogens with zero attached hydrogens (tertiary/aromatic N) is 1. The van der Waals surface area contributed by atoms with Crippen molar-refractivity contribution in [2.24, 2.45) is 0 Å². The number of aromatic nitrogens is 1. The zero-order valence-electron chi connectivity index (χ0n) is 14.2. The number of oxazole rings is 1. The van der Waals surface area contributed by atoms with Gasteiger partial charge in [-0.05, 0) is 47.2 Å². The molecule has 0 saturated carbocycles. The summed E-state index contributed by atoms with van der Waals surface area (Å²) in [6, 6.07) is 25.2. The van der Waals surface area contributed by atoms with Gasteiger partial charge in [0.2, 0.25) is 5.89 Å². The van der Waals surface area contributed by atoms with Crippen molar-refractivity contribution in [1.82, 2.24) is 4.98 Å². The molecule has 1 N–H and O–H groups in total. The number of phenolic OH excluding ortho intramolecular Hbond substituents is 1. The molecule has 4 heteroatoms. The summed E-state index contributed by atoms with van der Waals surface area (Å²) >= 11 is 3.60. The number of phenols is 1. The minimum Gasteiger partial charge on any atom is -0.507 e. The Labute approximate surface area is 164 Å². The summed E-state index contributed by atoms with van der Waals surface area (Å²) in [4.78, 5) is 4.74. The van der Waals surface area contributed by atoms with Gasteiger partial charge < -0.3 is 9.52 Å². The van der Waals surface area contributed by atoms with Crippen molar-refractivity contribution < 1.29 is 9.52 Å². The lowest BCUT2D eigenvalue weighted by Crippen LogP contribution is -1.86. The second kappa shape index (κ2) is 6.25. The predicted molar refractivity (Wildman–Crippen MR) is 112 cm³/mol. The molecule has 0 amide bonds. The van der Waals surface area contributed by atoms with E-state index in [1.54, 1.807) is 6.07 Å². The molecule has 1 aromatic heterocycles. The minimum atomic E-state index is 0.220. The van der Waals surface area contributed by atoms with Crippen LogP contribution in [0.5, 0.6) is 5.75 Å². The van der Waals surface area contributed by atoms with Crippen molar-refractivity contribution in [2.45, 2.75) is 0 Å². The molecule has 0 atom stereocenters. The van der Waals surface area contributed by atoms with E-state index in [9.17, 15) is 5.11 Å². The van der Waals surface area contributed by atoms with Crippen LogP contribution in [0.1, 0.15) is 0 Å². The monoisotopic (exact) mass is 415 g/mol. The second-order valence-electron chi connectivity index (χ2n) is 6.33. The molecule has 0 aliphatic carbocycles. The lowest BCUT2D eigenvalue weighted by molar-refractivity contribution is 0.478. The Hall–Kier alpha value is -3.11. The summed E-state index contributed by atoms with van der Waals surface area (Å²) in [5, 5.41) is 12.7. The largest absolute Gasteiger partial charge is 0.507 e. The molecule has 1 heterocycles. The van der Waals surface area contributed by atoms with Gasteiger partial charge in [0.1, 0.15) is 11.3 Å². The fourth-order valence-electron chi connectivity index (χ4n) is 3.45. The van der Waals surface area contributed by atoms with Crippen LogP contribution in [0.15, 0.2) is 87.8 Å². The van der Waals surface area contributed by atoms with Gasteiger partial charge in [-0.3, -0.25) is 0 Å². The summed E-state index contributed by atoms with van der Waals surface area (Å²) in [6.07, 6.45) is 0. The standard InChI is InChI=1S/C23H14BrNO2/c24-18-10-4-8-16-15(18)12-13-19(26)21(16)17-9-5-11-20-22(17)25-23(27-20)14-6-2-1-3-7-14/h1-13,26H. The van der Waals surface area contributed by atoms with Gasteiger partial charge in [-0.15, -0.1) is 0 Å². The molecule has 0 unspecified atom stereocenters. The molecule has 0 aliphatic rings. The molecule has 0 fully saturated rings. The number of para-hydroxylation sites is 1. The van der Waals surface area contributed by atoms with Crippen LogP contribution in [0.2, 0.25) is 0 Å². The maximum atomic E-state index is 10.7. The Morgan fingerprint density at radius 1 is 0.778 bits per heavy atom. The smallest absolute Gasteiger partial charge is 0.227 e. The highest BCUT2D eigenvalue weighted by Gasteiger charge is 2.17. The number of fused-ring (bicyclic) bond motifs is 2. The van der Waals surface area contributed by atoms with Gasteiger partial charge in [0.15, 0.2) is 5.58 Å². The molecule has 4 aromatic carbocycles. The van der Waals surface area contributed by atoms with Crippen molar-refractivity contribution in [3.05, 3.63) is 83.3 Å². The number of rotatable bonds is 2. The topological polar surface area (TPSA) is 46.3 Å². The van der Waals surface area contributed by atoms with Gasteiger partial charge in [0.05, 0.1) is 0 Å². The van der Waals surface area contributed by atoms with Gasteiger partial charge >= 0.3 is 0 Å². The lowest BCUT2D eigenvalue weighted by Gasteiger charge is -2.11.